The first-order valence-corrected chi connectivity index (χ1v) is 23.4. The molecule has 0 radical (unpaired) electrons. The zero-order valence-electron chi connectivity index (χ0n) is 38.8. The largest absolute Gasteiger partial charge is 0.489 e. The number of oxazole rings is 3. The van der Waals surface area contributed by atoms with Crippen LogP contribution in [0.2, 0.25) is 0 Å². The Morgan fingerprint density at radius 3 is 0.875 bits per heavy atom. The van der Waals surface area contributed by atoms with Crippen molar-refractivity contribution < 1.29 is 41.8 Å². The summed E-state index contributed by atoms with van der Waals surface area (Å²) >= 11 is 0. The van der Waals surface area contributed by atoms with E-state index in [1.165, 1.54) is 18.8 Å². The summed E-state index contributed by atoms with van der Waals surface area (Å²) in [5.74, 6) is 0.393. The van der Waals surface area contributed by atoms with Gasteiger partial charge in [0, 0.05) is 19.3 Å². The minimum atomic E-state index is -0.875. The number of carbonyl (C=O) groups excluding carboxylic acids is 3. The van der Waals surface area contributed by atoms with Crippen molar-refractivity contribution in [1.29, 1.82) is 0 Å². The highest BCUT2D eigenvalue weighted by atomic mass is 16.5. The molecule has 1 aliphatic heterocycles. The Balaban J connectivity index is 0.929. The maximum Gasteiger partial charge on any atom is 0.273 e. The van der Waals surface area contributed by atoms with E-state index in [2.05, 4.69) is 30.9 Å². The van der Waals surface area contributed by atoms with E-state index in [-0.39, 0.29) is 54.0 Å². The summed E-state index contributed by atoms with van der Waals surface area (Å²) in [6.45, 7) is 1.19. The molecule has 10 rings (SSSR count). The number of amides is 3. The van der Waals surface area contributed by atoms with E-state index in [1.807, 2.05) is 164 Å². The summed E-state index contributed by atoms with van der Waals surface area (Å²) in [5, 5.41) is 8.96. The third-order valence-electron chi connectivity index (χ3n) is 11.9. The van der Waals surface area contributed by atoms with Gasteiger partial charge in [0.2, 0.25) is 17.7 Å². The molecule has 4 heterocycles. The van der Waals surface area contributed by atoms with E-state index in [4.69, 9.17) is 27.5 Å². The van der Waals surface area contributed by atoms with Gasteiger partial charge in [-0.25, -0.2) is 15.0 Å². The Hall–Kier alpha value is -9.24. The van der Waals surface area contributed by atoms with Gasteiger partial charge in [-0.2, -0.15) is 0 Å². The molecule has 6 bridgehead atoms. The van der Waals surface area contributed by atoms with Gasteiger partial charge in [-0.05, 0) is 69.8 Å². The predicted octanol–water partition coefficient (Wildman–Crippen LogP) is 9.84. The molecule has 3 unspecified atom stereocenters. The van der Waals surface area contributed by atoms with E-state index in [9.17, 15) is 14.4 Å². The number of nitrogens with zero attached hydrogens (tertiary/aromatic N) is 3. The predicted molar refractivity (Wildman–Crippen MR) is 263 cm³/mol. The Morgan fingerprint density at radius 1 is 0.347 bits per heavy atom. The smallest absolute Gasteiger partial charge is 0.273 e. The average Bonchev–Trinajstić information content (AvgIpc) is 4.24. The fourth-order valence-corrected chi connectivity index (χ4v) is 8.05. The van der Waals surface area contributed by atoms with Crippen molar-refractivity contribution >= 4 is 17.7 Å². The molecule has 3 amide bonds. The van der Waals surface area contributed by atoms with Crippen LogP contribution in [0, 0.1) is 0 Å². The minimum absolute atomic E-state index is 0.0587. The van der Waals surface area contributed by atoms with Crippen LogP contribution >= 0.6 is 0 Å². The zero-order valence-corrected chi connectivity index (χ0v) is 38.8. The number of hydrogen-bond donors (Lipinski definition) is 3. The van der Waals surface area contributed by atoms with E-state index < -0.39 is 35.8 Å². The highest BCUT2D eigenvalue weighted by Crippen LogP contribution is 2.27. The molecule has 6 aromatic carbocycles. The van der Waals surface area contributed by atoms with Crippen LogP contribution < -0.4 is 30.2 Å². The average molecular weight is 961 g/mol. The summed E-state index contributed by atoms with van der Waals surface area (Å²) in [6, 6.07) is 49.3. The number of fused-ring (bicyclic) bond motifs is 6. The summed E-state index contributed by atoms with van der Waals surface area (Å²) < 4.78 is 35.9. The minimum Gasteiger partial charge on any atom is -0.489 e. The Kier molecular flexibility index (Phi) is 14.2. The number of carbonyl (C=O) groups is 3. The van der Waals surface area contributed by atoms with E-state index >= 15 is 0 Å². The molecule has 0 aliphatic carbocycles. The fourth-order valence-electron chi connectivity index (χ4n) is 8.05. The van der Waals surface area contributed by atoms with Crippen LogP contribution in [0.15, 0.2) is 196 Å². The van der Waals surface area contributed by atoms with Gasteiger partial charge in [-0.15, -0.1) is 0 Å². The van der Waals surface area contributed by atoms with Crippen molar-refractivity contribution in [3.63, 3.8) is 0 Å². The lowest BCUT2D eigenvalue weighted by Crippen LogP contribution is -2.33. The van der Waals surface area contributed by atoms with Crippen molar-refractivity contribution in [2.75, 3.05) is 0 Å². The first-order chi connectivity index (χ1) is 35.3. The van der Waals surface area contributed by atoms with E-state index in [0.717, 1.165) is 33.4 Å². The van der Waals surface area contributed by atoms with Gasteiger partial charge >= 0.3 is 0 Å². The molecule has 3 atom stereocenters. The van der Waals surface area contributed by atoms with Crippen LogP contribution in [0.1, 0.15) is 101 Å². The Morgan fingerprint density at radius 2 is 0.611 bits per heavy atom. The van der Waals surface area contributed by atoms with Crippen molar-refractivity contribution in [2.45, 2.75) is 57.2 Å². The first-order valence-electron chi connectivity index (χ1n) is 23.4. The summed E-state index contributed by atoms with van der Waals surface area (Å²) in [4.78, 5) is 56.1. The van der Waals surface area contributed by atoms with Gasteiger partial charge in [0.05, 0.1) is 0 Å². The summed E-state index contributed by atoms with van der Waals surface area (Å²) in [7, 11) is 0. The van der Waals surface area contributed by atoms with E-state index in [1.54, 1.807) is 0 Å². The van der Waals surface area contributed by atoms with Crippen molar-refractivity contribution in [1.82, 2.24) is 30.9 Å². The van der Waals surface area contributed by atoms with Gasteiger partial charge in [0.15, 0.2) is 17.1 Å². The molecule has 9 aromatic rings. The number of ether oxygens (including phenoxy) is 3. The van der Waals surface area contributed by atoms with E-state index in [0.29, 0.717) is 37.1 Å². The fraction of sp³-hybridized carbons (Fsp3) is 0.158. The normalized spacial score (nSPS) is 15.8. The van der Waals surface area contributed by atoms with Gasteiger partial charge in [0.25, 0.3) is 17.7 Å². The van der Waals surface area contributed by atoms with Crippen LogP contribution in [0.4, 0.5) is 0 Å². The lowest BCUT2D eigenvalue weighted by molar-refractivity contribution is 0.0919. The van der Waals surface area contributed by atoms with Crippen LogP contribution in [0.25, 0.3) is 0 Å². The molecule has 1 aliphatic rings. The highest BCUT2D eigenvalue weighted by molar-refractivity contribution is 5.94. The molecular weight excluding hydrogens is 913 g/mol. The molecule has 360 valence electrons. The lowest BCUT2D eigenvalue weighted by Gasteiger charge is -2.17. The molecule has 0 fully saturated rings. The third kappa shape index (κ3) is 11.9. The molecule has 15 heteroatoms. The number of rotatable bonds is 15. The maximum atomic E-state index is 14.1. The molecule has 3 N–H and O–H groups in total. The lowest BCUT2D eigenvalue weighted by atomic mass is 10.0. The highest BCUT2D eigenvalue weighted by Gasteiger charge is 2.30. The number of benzene rings is 6. The third-order valence-corrected chi connectivity index (χ3v) is 11.9. The molecular formula is C57H48N6O9. The molecule has 15 nitrogen and oxygen atoms in total. The zero-order chi connectivity index (χ0) is 49.1. The molecule has 0 saturated carbocycles. The summed E-state index contributed by atoms with van der Waals surface area (Å²) in [5.41, 5.74) is 5.36. The second-order valence-corrected chi connectivity index (χ2v) is 17.2. The van der Waals surface area contributed by atoms with Crippen LogP contribution in [0.5, 0.6) is 17.2 Å². The molecule has 3 aromatic heterocycles. The topological polar surface area (TPSA) is 193 Å². The number of nitrogens with one attached hydrogen (secondary N) is 3. The summed E-state index contributed by atoms with van der Waals surface area (Å²) in [6.07, 6.45) is 4.32. The molecule has 0 spiro atoms. The van der Waals surface area contributed by atoms with Gasteiger partial charge in [0.1, 0.15) is 74.0 Å². The second-order valence-electron chi connectivity index (χ2n) is 17.2. The first kappa shape index (κ1) is 46.5. The van der Waals surface area contributed by atoms with Crippen molar-refractivity contribution in [3.05, 3.63) is 251 Å². The Labute approximate surface area is 414 Å². The SMILES string of the molecule is O=C1NC(Cc2ccc(OCc3ccccc3)cc2)c2nc(co2)C(=O)NC(Cc2ccc(OCc3ccccc3)cc2)c2nc(co2)C(=O)NC(Cc2ccc(OCc3ccccc3)cc2)c2nc1co2. The van der Waals surface area contributed by atoms with Gasteiger partial charge < -0.3 is 43.4 Å². The molecule has 72 heavy (non-hydrogen) atoms. The van der Waals surface area contributed by atoms with Crippen LogP contribution in [-0.2, 0) is 39.1 Å². The second kappa shape index (κ2) is 22.0. The van der Waals surface area contributed by atoms with Crippen LogP contribution in [-0.4, -0.2) is 32.7 Å². The van der Waals surface area contributed by atoms with Crippen molar-refractivity contribution in [3.8, 4) is 17.2 Å². The monoisotopic (exact) mass is 960 g/mol. The quantitative estimate of drug-likeness (QED) is 0.0882. The van der Waals surface area contributed by atoms with Crippen molar-refractivity contribution in [2.24, 2.45) is 0 Å². The maximum absolute atomic E-state index is 14.1. The van der Waals surface area contributed by atoms with Gasteiger partial charge in [-0.3, -0.25) is 14.4 Å². The van der Waals surface area contributed by atoms with Crippen LogP contribution in [0.3, 0.4) is 0 Å². The standard InChI is InChI=1S/C57H48N6O9/c64-52-49-35-71-56(62-49)47(29-38-18-24-44(25-19-38)68-32-41-12-6-2-7-13-41)60-54(66)51-36-72-57(63-51)48(30-39-20-26-45(27-21-39)69-33-42-14-8-3-9-15-42)59-53(65)50-34-70-55(61-50)46(58-52)28-37-16-22-43(23-17-37)67-31-40-10-4-1-5-11-40/h1-27,34-36,46-48H,28-33H2,(H,58,64)(H,59,65)(H,60,66). The van der Waals surface area contributed by atoms with Gasteiger partial charge in [-0.1, -0.05) is 127 Å². The number of aromatic nitrogens is 3. The number of hydrogen-bond acceptors (Lipinski definition) is 12. The molecule has 0 saturated heterocycles. The Bertz CT molecular complexity index is 2870.